The summed E-state index contributed by atoms with van der Waals surface area (Å²) in [5, 5.41) is 9.10. The van der Waals surface area contributed by atoms with Gasteiger partial charge in [0, 0.05) is 19.3 Å². The minimum Gasteiger partial charge on any atom is -0.382 e. The molecule has 7 heteroatoms. The normalized spacial score (nSPS) is 10.5. The van der Waals surface area contributed by atoms with Gasteiger partial charge in [0.25, 0.3) is 5.91 Å². The van der Waals surface area contributed by atoms with Gasteiger partial charge in [-0.05, 0) is 6.92 Å². The maximum absolute atomic E-state index is 11.7. The van der Waals surface area contributed by atoms with Crippen LogP contribution in [0.25, 0.3) is 0 Å². The third kappa shape index (κ3) is 4.04. The Labute approximate surface area is 99.7 Å². The van der Waals surface area contributed by atoms with E-state index in [0.717, 1.165) is 0 Å². The largest absolute Gasteiger partial charge is 0.382 e. The van der Waals surface area contributed by atoms with E-state index < -0.39 is 0 Å². The van der Waals surface area contributed by atoms with Crippen molar-refractivity contribution in [2.75, 3.05) is 39.2 Å². The Morgan fingerprint density at radius 3 is 2.82 bits per heavy atom. The van der Waals surface area contributed by atoms with Gasteiger partial charge in [0.2, 0.25) is 0 Å². The molecule has 0 spiro atoms. The van der Waals surface area contributed by atoms with Gasteiger partial charge in [-0.1, -0.05) is 0 Å². The Kier molecular flexibility index (Phi) is 5.44. The van der Waals surface area contributed by atoms with E-state index in [-0.39, 0.29) is 11.7 Å². The van der Waals surface area contributed by atoms with E-state index in [4.69, 9.17) is 15.2 Å². The molecule has 96 valence electrons. The molecule has 0 aliphatic carbocycles. The number of carbonyl (C=O) groups is 1. The number of methoxy groups -OCH3 is 1. The van der Waals surface area contributed by atoms with Crippen LogP contribution in [0, 0.1) is 6.92 Å². The quantitative estimate of drug-likeness (QED) is 0.569. The number of hydrogen-bond donors (Lipinski definition) is 3. The molecule has 1 aromatic heterocycles. The third-order valence-corrected chi connectivity index (χ3v) is 2.17. The molecular formula is C10H18N4O3. The maximum atomic E-state index is 11.7. The summed E-state index contributed by atoms with van der Waals surface area (Å²) in [4.78, 5) is 11.7. The Morgan fingerprint density at radius 1 is 1.47 bits per heavy atom. The van der Waals surface area contributed by atoms with Crippen LogP contribution in [0.15, 0.2) is 0 Å². The minimum atomic E-state index is -0.246. The summed E-state index contributed by atoms with van der Waals surface area (Å²) < 4.78 is 10.0. The Bertz CT molecular complexity index is 345. The molecule has 0 aliphatic rings. The number of nitrogen functional groups attached to an aromatic ring is 1. The van der Waals surface area contributed by atoms with Crippen molar-refractivity contribution < 1.29 is 14.3 Å². The maximum Gasteiger partial charge on any atom is 0.257 e. The molecule has 0 aliphatic heterocycles. The van der Waals surface area contributed by atoms with Gasteiger partial charge in [-0.2, -0.15) is 5.10 Å². The monoisotopic (exact) mass is 242 g/mol. The van der Waals surface area contributed by atoms with Gasteiger partial charge in [0.15, 0.2) is 5.82 Å². The predicted octanol–water partition coefficient (Wildman–Crippen LogP) is -0.307. The first-order valence-electron chi connectivity index (χ1n) is 5.32. The summed E-state index contributed by atoms with van der Waals surface area (Å²) in [7, 11) is 1.61. The van der Waals surface area contributed by atoms with Crippen LogP contribution in [0.4, 0.5) is 5.82 Å². The number of nitrogens with two attached hydrogens (primary N) is 1. The lowest BCUT2D eigenvalue weighted by molar-refractivity contribution is 0.0693. The summed E-state index contributed by atoms with van der Waals surface area (Å²) >= 11 is 0. The van der Waals surface area contributed by atoms with Gasteiger partial charge < -0.3 is 20.5 Å². The third-order valence-electron chi connectivity index (χ3n) is 2.17. The number of nitrogens with one attached hydrogen (secondary N) is 2. The van der Waals surface area contributed by atoms with Gasteiger partial charge in [-0.25, -0.2) is 0 Å². The first kappa shape index (κ1) is 13.5. The Balaban J connectivity index is 2.26. The van der Waals surface area contributed by atoms with Gasteiger partial charge in [0.05, 0.1) is 19.8 Å². The zero-order valence-electron chi connectivity index (χ0n) is 10.1. The van der Waals surface area contributed by atoms with E-state index in [0.29, 0.717) is 37.6 Å². The summed E-state index contributed by atoms with van der Waals surface area (Å²) in [5.41, 5.74) is 6.60. The molecule has 0 atom stereocenters. The van der Waals surface area contributed by atoms with E-state index in [1.54, 1.807) is 14.0 Å². The van der Waals surface area contributed by atoms with Crippen molar-refractivity contribution in [2.45, 2.75) is 6.92 Å². The van der Waals surface area contributed by atoms with Crippen LogP contribution in [0.2, 0.25) is 0 Å². The van der Waals surface area contributed by atoms with Gasteiger partial charge >= 0.3 is 0 Å². The molecule has 1 heterocycles. The number of aromatic nitrogens is 2. The fraction of sp³-hybridized carbons (Fsp3) is 0.600. The lowest BCUT2D eigenvalue weighted by Crippen LogP contribution is -2.28. The molecule has 0 saturated carbocycles. The Hall–Kier alpha value is -1.60. The van der Waals surface area contributed by atoms with Crippen LogP contribution in [0.5, 0.6) is 0 Å². The van der Waals surface area contributed by atoms with Crippen molar-refractivity contribution in [3.63, 3.8) is 0 Å². The standard InChI is InChI=1S/C10H18N4O3/c1-7-8(9(11)14-13-7)10(15)12-3-4-17-6-5-16-2/h3-6H2,1-2H3,(H,12,15)(H3,11,13,14). The van der Waals surface area contributed by atoms with Gasteiger partial charge in [-0.15, -0.1) is 0 Å². The lowest BCUT2D eigenvalue weighted by atomic mass is 10.2. The molecule has 0 bridgehead atoms. The molecule has 17 heavy (non-hydrogen) atoms. The van der Waals surface area contributed by atoms with Crippen molar-refractivity contribution in [1.82, 2.24) is 15.5 Å². The zero-order chi connectivity index (χ0) is 12.7. The summed E-state index contributed by atoms with van der Waals surface area (Å²) in [6.07, 6.45) is 0. The molecule has 4 N–H and O–H groups in total. The molecule has 1 amide bonds. The molecule has 1 aromatic rings. The van der Waals surface area contributed by atoms with Crippen LogP contribution < -0.4 is 11.1 Å². The molecule has 0 radical (unpaired) electrons. The molecule has 1 rings (SSSR count). The van der Waals surface area contributed by atoms with Crippen molar-refractivity contribution in [2.24, 2.45) is 0 Å². The number of carbonyl (C=O) groups excluding carboxylic acids is 1. The first-order valence-corrected chi connectivity index (χ1v) is 5.32. The second-order valence-electron chi connectivity index (χ2n) is 3.47. The van der Waals surface area contributed by atoms with Crippen molar-refractivity contribution in [3.05, 3.63) is 11.3 Å². The minimum absolute atomic E-state index is 0.209. The zero-order valence-corrected chi connectivity index (χ0v) is 10.1. The molecule has 0 aromatic carbocycles. The number of anilines is 1. The van der Waals surface area contributed by atoms with Crippen LogP contribution in [-0.4, -0.2) is 49.6 Å². The second kappa shape index (κ2) is 6.87. The number of H-pyrrole nitrogens is 1. The number of aromatic amines is 1. The fourth-order valence-electron chi connectivity index (χ4n) is 1.30. The first-order chi connectivity index (χ1) is 8.16. The number of amides is 1. The predicted molar refractivity (Wildman–Crippen MR) is 62.8 cm³/mol. The van der Waals surface area contributed by atoms with E-state index in [1.165, 1.54) is 0 Å². The fourth-order valence-corrected chi connectivity index (χ4v) is 1.30. The topological polar surface area (TPSA) is 102 Å². The summed E-state index contributed by atoms with van der Waals surface area (Å²) in [6, 6.07) is 0. The van der Waals surface area contributed by atoms with Gasteiger partial charge in [0.1, 0.15) is 5.56 Å². The second-order valence-corrected chi connectivity index (χ2v) is 3.47. The number of rotatable bonds is 7. The highest BCUT2D eigenvalue weighted by molar-refractivity contribution is 5.99. The molecular weight excluding hydrogens is 224 g/mol. The highest BCUT2D eigenvalue weighted by Crippen LogP contribution is 2.11. The van der Waals surface area contributed by atoms with Crippen LogP contribution >= 0.6 is 0 Å². The van der Waals surface area contributed by atoms with Crippen molar-refractivity contribution >= 4 is 11.7 Å². The number of ether oxygens (including phenoxy) is 2. The van der Waals surface area contributed by atoms with Crippen molar-refractivity contribution in [1.29, 1.82) is 0 Å². The molecule has 0 unspecified atom stereocenters. The lowest BCUT2D eigenvalue weighted by Gasteiger charge is -2.06. The van der Waals surface area contributed by atoms with E-state index >= 15 is 0 Å². The highest BCUT2D eigenvalue weighted by Gasteiger charge is 2.15. The number of nitrogens with zero attached hydrogens (tertiary/aromatic N) is 1. The molecule has 0 saturated heterocycles. The van der Waals surface area contributed by atoms with E-state index in [9.17, 15) is 4.79 Å². The van der Waals surface area contributed by atoms with Crippen LogP contribution in [-0.2, 0) is 9.47 Å². The highest BCUT2D eigenvalue weighted by atomic mass is 16.5. The molecule has 0 fully saturated rings. The average molecular weight is 242 g/mol. The Morgan fingerprint density at radius 2 is 2.24 bits per heavy atom. The summed E-state index contributed by atoms with van der Waals surface area (Å²) in [5.74, 6) is -0.0376. The SMILES string of the molecule is COCCOCCNC(=O)c1c(N)n[nH]c1C. The van der Waals surface area contributed by atoms with Crippen LogP contribution in [0.1, 0.15) is 16.1 Å². The van der Waals surface area contributed by atoms with Crippen molar-refractivity contribution in [3.8, 4) is 0 Å². The smallest absolute Gasteiger partial charge is 0.257 e. The van der Waals surface area contributed by atoms with E-state index in [1.807, 2.05) is 0 Å². The van der Waals surface area contributed by atoms with Crippen LogP contribution in [0.3, 0.4) is 0 Å². The number of hydrogen-bond acceptors (Lipinski definition) is 5. The number of aryl methyl sites for hydroxylation is 1. The summed E-state index contributed by atoms with van der Waals surface area (Å²) in [6.45, 7) is 3.66. The molecule has 7 nitrogen and oxygen atoms in total. The average Bonchev–Trinajstić information content (AvgIpc) is 2.63. The van der Waals surface area contributed by atoms with Gasteiger partial charge in [-0.3, -0.25) is 9.89 Å². The van der Waals surface area contributed by atoms with E-state index in [2.05, 4.69) is 15.5 Å².